The van der Waals surface area contributed by atoms with E-state index in [9.17, 15) is 10.1 Å². The molecule has 0 aliphatic heterocycles. The number of nitrogen functional groups attached to an aromatic ring is 1. The predicted molar refractivity (Wildman–Crippen MR) is 73.6 cm³/mol. The van der Waals surface area contributed by atoms with Gasteiger partial charge in [-0.3, -0.25) is 0 Å². The van der Waals surface area contributed by atoms with E-state index in [0.717, 1.165) is 0 Å². The molecule has 0 aromatic carbocycles. The Morgan fingerprint density at radius 2 is 2.10 bits per heavy atom. The van der Waals surface area contributed by atoms with Crippen LogP contribution in [0, 0.1) is 17.0 Å². The molecule has 0 unspecified atom stereocenters. The van der Waals surface area contributed by atoms with Crippen molar-refractivity contribution >= 4 is 23.2 Å². The van der Waals surface area contributed by atoms with Crippen LogP contribution in [-0.2, 0) is 6.61 Å². The zero-order valence-electron chi connectivity index (χ0n) is 10.5. The minimum absolute atomic E-state index is 0.0323. The Morgan fingerprint density at radius 1 is 1.35 bits per heavy atom. The van der Waals surface area contributed by atoms with Crippen molar-refractivity contribution in [3.05, 3.63) is 50.8 Å². The van der Waals surface area contributed by atoms with E-state index >= 15 is 0 Å². The molecule has 8 heteroatoms. The van der Waals surface area contributed by atoms with E-state index in [-0.39, 0.29) is 18.2 Å². The molecule has 0 bridgehead atoms. The van der Waals surface area contributed by atoms with Crippen LogP contribution in [0.3, 0.4) is 0 Å². The molecule has 0 saturated heterocycles. The van der Waals surface area contributed by atoms with Gasteiger partial charge < -0.3 is 20.6 Å². The zero-order valence-corrected chi connectivity index (χ0v) is 11.3. The van der Waals surface area contributed by atoms with Gasteiger partial charge in [0.1, 0.15) is 18.1 Å². The summed E-state index contributed by atoms with van der Waals surface area (Å²) in [6.45, 7) is 1.63. The number of nitrogens with two attached hydrogens (primary N) is 1. The van der Waals surface area contributed by atoms with Crippen molar-refractivity contribution in [2.75, 3.05) is 5.73 Å². The summed E-state index contributed by atoms with van der Waals surface area (Å²) in [5.74, 6) is 0.00967. The highest BCUT2D eigenvalue weighted by atomic mass is 35.5. The standard InChI is InChI=1S/C12H11ClN4O3/c1-7-2-4-10(12(15-7)17(18)19)20-6-9-8(13)3-5-11(14)16-9/h2-5H,6H2,1H3,(H2,14,16). The van der Waals surface area contributed by atoms with Crippen molar-refractivity contribution in [1.82, 2.24) is 9.97 Å². The average Bonchev–Trinajstić information content (AvgIpc) is 2.40. The first-order valence-corrected chi connectivity index (χ1v) is 6.01. The van der Waals surface area contributed by atoms with Crippen molar-refractivity contribution in [2.45, 2.75) is 13.5 Å². The van der Waals surface area contributed by atoms with E-state index in [1.54, 1.807) is 25.1 Å². The smallest absolute Gasteiger partial charge is 0.406 e. The number of aromatic nitrogens is 2. The first-order chi connectivity index (χ1) is 9.47. The number of rotatable bonds is 4. The largest absolute Gasteiger partial charge is 0.479 e. The third-order valence-electron chi connectivity index (χ3n) is 2.46. The number of halogens is 1. The summed E-state index contributed by atoms with van der Waals surface area (Å²) in [4.78, 5) is 18.1. The molecule has 0 spiro atoms. The summed E-state index contributed by atoms with van der Waals surface area (Å²) in [6, 6.07) is 6.25. The Morgan fingerprint density at radius 3 is 2.80 bits per heavy atom. The summed E-state index contributed by atoms with van der Waals surface area (Å²) in [6.07, 6.45) is 0. The van der Waals surface area contributed by atoms with Crippen molar-refractivity contribution in [2.24, 2.45) is 0 Å². The van der Waals surface area contributed by atoms with Gasteiger partial charge in [-0.2, -0.15) is 0 Å². The van der Waals surface area contributed by atoms with E-state index < -0.39 is 4.92 Å². The van der Waals surface area contributed by atoms with Crippen molar-refractivity contribution < 1.29 is 9.66 Å². The van der Waals surface area contributed by atoms with Gasteiger partial charge in [0.15, 0.2) is 0 Å². The van der Waals surface area contributed by atoms with Gasteiger partial charge in [-0.15, -0.1) is 0 Å². The maximum Gasteiger partial charge on any atom is 0.406 e. The van der Waals surface area contributed by atoms with Crippen LogP contribution in [0.1, 0.15) is 11.4 Å². The highest BCUT2D eigenvalue weighted by Gasteiger charge is 2.18. The second-order valence-corrected chi connectivity index (χ2v) is 4.39. The molecule has 2 aromatic heterocycles. The molecule has 0 atom stereocenters. The molecule has 0 radical (unpaired) electrons. The van der Waals surface area contributed by atoms with E-state index in [2.05, 4.69) is 9.97 Å². The fourth-order valence-electron chi connectivity index (χ4n) is 1.52. The van der Waals surface area contributed by atoms with Gasteiger partial charge in [0.25, 0.3) is 0 Å². The normalized spacial score (nSPS) is 10.3. The number of aryl methyl sites for hydroxylation is 1. The monoisotopic (exact) mass is 294 g/mol. The molecule has 104 valence electrons. The van der Waals surface area contributed by atoms with Gasteiger partial charge in [0.2, 0.25) is 5.75 Å². The number of hydrogen-bond acceptors (Lipinski definition) is 6. The Hall–Kier alpha value is -2.41. The second kappa shape index (κ2) is 5.70. The minimum atomic E-state index is -0.600. The maximum atomic E-state index is 10.9. The van der Waals surface area contributed by atoms with E-state index in [0.29, 0.717) is 22.2 Å². The Labute approximate surface area is 119 Å². The van der Waals surface area contributed by atoms with Crippen LogP contribution in [0.15, 0.2) is 24.3 Å². The molecule has 0 aliphatic rings. The van der Waals surface area contributed by atoms with Gasteiger partial charge in [-0.1, -0.05) is 11.6 Å². The van der Waals surface area contributed by atoms with Crippen LogP contribution in [0.2, 0.25) is 5.02 Å². The van der Waals surface area contributed by atoms with Crippen molar-refractivity contribution in [3.8, 4) is 5.75 Å². The van der Waals surface area contributed by atoms with Crippen LogP contribution < -0.4 is 10.5 Å². The number of nitro groups is 1. The van der Waals surface area contributed by atoms with Crippen molar-refractivity contribution in [1.29, 1.82) is 0 Å². The molecule has 7 nitrogen and oxygen atoms in total. The van der Waals surface area contributed by atoms with E-state index in [4.69, 9.17) is 22.1 Å². The number of hydrogen-bond donors (Lipinski definition) is 1. The lowest BCUT2D eigenvalue weighted by Crippen LogP contribution is -2.04. The number of anilines is 1. The van der Waals surface area contributed by atoms with Crippen LogP contribution in [0.4, 0.5) is 11.6 Å². The topological polar surface area (TPSA) is 104 Å². The number of pyridine rings is 2. The van der Waals surface area contributed by atoms with Crippen molar-refractivity contribution in [3.63, 3.8) is 0 Å². The summed E-state index contributed by atoms with van der Waals surface area (Å²) in [7, 11) is 0. The van der Waals surface area contributed by atoms with Gasteiger partial charge in [0.05, 0.1) is 10.7 Å². The SMILES string of the molecule is Cc1ccc(OCc2nc(N)ccc2Cl)c([N+](=O)[O-])n1. The van der Waals surface area contributed by atoms with Crippen LogP contribution in [-0.4, -0.2) is 14.9 Å². The molecule has 2 N–H and O–H groups in total. The van der Waals surface area contributed by atoms with Crippen LogP contribution in [0.5, 0.6) is 5.75 Å². The molecule has 2 rings (SSSR count). The third kappa shape index (κ3) is 3.12. The van der Waals surface area contributed by atoms with Gasteiger partial charge in [-0.05, 0) is 34.2 Å². The van der Waals surface area contributed by atoms with Gasteiger partial charge >= 0.3 is 5.82 Å². The summed E-state index contributed by atoms with van der Waals surface area (Å²) in [5.41, 5.74) is 6.48. The lowest BCUT2D eigenvalue weighted by molar-refractivity contribution is -0.390. The van der Waals surface area contributed by atoms with Crippen LogP contribution in [0.25, 0.3) is 0 Å². The van der Waals surface area contributed by atoms with Crippen LogP contribution >= 0.6 is 11.6 Å². The molecule has 0 amide bonds. The summed E-state index contributed by atoms with van der Waals surface area (Å²) in [5, 5.41) is 11.3. The van der Waals surface area contributed by atoms with E-state index in [1.807, 2.05) is 0 Å². The third-order valence-corrected chi connectivity index (χ3v) is 2.80. The Bertz CT molecular complexity index is 663. The maximum absolute atomic E-state index is 10.9. The minimum Gasteiger partial charge on any atom is -0.479 e. The first kappa shape index (κ1) is 14.0. The van der Waals surface area contributed by atoms with Gasteiger partial charge in [-0.25, -0.2) is 4.98 Å². The first-order valence-electron chi connectivity index (χ1n) is 5.63. The number of ether oxygens (including phenoxy) is 1. The molecule has 0 saturated carbocycles. The van der Waals surface area contributed by atoms with E-state index in [1.165, 1.54) is 6.07 Å². The zero-order chi connectivity index (χ0) is 14.7. The predicted octanol–water partition coefficient (Wildman–Crippen LogP) is 2.51. The fourth-order valence-corrected chi connectivity index (χ4v) is 1.68. The number of nitrogens with zero attached hydrogens (tertiary/aromatic N) is 3. The highest BCUT2D eigenvalue weighted by molar-refractivity contribution is 6.31. The average molecular weight is 295 g/mol. The molecule has 20 heavy (non-hydrogen) atoms. The Balaban J connectivity index is 2.23. The molecular formula is C12H11ClN4O3. The second-order valence-electron chi connectivity index (χ2n) is 3.98. The molecule has 2 heterocycles. The lowest BCUT2D eigenvalue weighted by atomic mass is 10.3. The van der Waals surface area contributed by atoms with Gasteiger partial charge in [0, 0.05) is 6.92 Å². The summed E-state index contributed by atoms with van der Waals surface area (Å²) >= 11 is 5.94. The summed E-state index contributed by atoms with van der Waals surface area (Å²) < 4.78 is 5.37. The Kier molecular flexibility index (Phi) is 3.99. The highest BCUT2D eigenvalue weighted by Crippen LogP contribution is 2.26. The molecule has 2 aromatic rings. The lowest BCUT2D eigenvalue weighted by Gasteiger charge is -2.07. The quantitative estimate of drug-likeness (QED) is 0.686. The molecule has 0 fully saturated rings. The molecular weight excluding hydrogens is 284 g/mol. The molecule has 0 aliphatic carbocycles. The fraction of sp³-hybridized carbons (Fsp3) is 0.167.